The first-order valence-electron chi connectivity index (χ1n) is 11.4. The molecule has 2 atom stereocenters. The Labute approximate surface area is 222 Å². The fourth-order valence-corrected chi connectivity index (χ4v) is 5.23. The minimum absolute atomic E-state index is 0.00463. The van der Waals surface area contributed by atoms with Crippen molar-refractivity contribution in [1.82, 2.24) is 15.5 Å². The molecule has 6 nitrogen and oxygen atoms in total. The first-order chi connectivity index (χ1) is 17.6. The lowest BCUT2D eigenvalue weighted by Crippen LogP contribution is -2.54. The molecule has 1 saturated heterocycles. The number of rotatable bonds is 4. The number of carbonyl (C=O) groups is 2. The highest BCUT2D eigenvalue weighted by Gasteiger charge is 2.49. The van der Waals surface area contributed by atoms with Crippen molar-refractivity contribution in [3.8, 4) is 0 Å². The molecule has 14 heteroatoms. The Bertz CT molecular complexity index is 1200. The van der Waals surface area contributed by atoms with Crippen LogP contribution in [0.25, 0.3) is 0 Å². The first-order valence-corrected chi connectivity index (χ1v) is 12.2. The van der Waals surface area contributed by atoms with E-state index in [-0.39, 0.29) is 44.0 Å². The normalized spacial score (nSPS) is 21.1. The smallest absolute Gasteiger partial charge is 0.416 e. The lowest BCUT2D eigenvalue weighted by molar-refractivity contribution is -0.143. The number of benzene rings is 2. The molecule has 38 heavy (non-hydrogen) atoms. The third kappa shape index (κ3) is 6.23. The number of carboxylic acid groups (broad SMARTS) is 1. The summed E-state index contributed by atoms with van der Waals surface area (Å²) in [5, 5.41) is 15.3. The van der Waals surface area contributed by atoms with Crippen LogP contribution in [-0.2, 0) is 17.9 Å². The van der Waals surface area contributed by atoms with E-state index in [1.54, 1.807) is 12.1 Å². The zero-order valence-corrected chi connectivity index (χ0v) is 20.9. The lowest BCUT2D eigenvalue weighted by Gasteiger charge is -2.38. The van der Waals surface area contributed by atoms with Crippen molar-refractivity contribution >= 4 is 35.3 Å². The van der Waals surface area contributed by atoms with Gasteiger partial charge in [0.25, 0.3) is 0 Å². The number of amides is 3. The molecule has 1 unspecified atom stereocenters. The van der Waals surface area contributed by atoms with Gasteiger partial charge in [0.05, 0.1) is 16.7 Å². The van der Waals surface area contributed by atoms with Crippen molar-refractivity contribution in [3.05, 3.63) is 68.7 Å². The fraction of sp³-hybridized carbons (Fsp3) is 0.417. The second kappa shape index (κ2) is 10.0. The summed E-state index contributed by atoms with van der Waals surface area (Å²) >= 11 is 12.2. The second-order valence-electron chi connectivity index (χ2n) is 9.41. The van der Waals surface area contributed by atoms with Crippen LogP contribution in [0.15, 0.2) is 36.4 Å². The topological polar surface area (TPSA) is 81.7 Å². The number of hydrogen-bond acceptors (Lipinski definition) is 2. The van der Waals surface area contributed by atoms with Gasteiger partial charge in [-0.2, -0.15) is 26.3 Å². The highest BCUT2D eigenvalue weighted by atomic mass is 35.5. The first kappa shape index (κ1) is 28.2. The Morgan fingerprint density at radius 2 is 1.47 bits per heavy atom. The number of nitrogens with one attached hydrogen (secondary N) is 2. The SMILES string of the molecule is O=C(N[C@@H]1CCN(C(=O)O)CC1c1cc(Cl)cc(Cl)c1)NC1(c2cc(C(F)(F)F)cc(C(F)(F)F)c2)CC1. The van der Waals surface area contributed by atoms with Gasteiger partial charge in [0.2, 0.25) is 0 Å². The average molecular weight is 584 g/mol. The van der Waals surface area contributed by atoms with Crippen LogP contribution in [0.5, 0.6) is 0 Å². The van der Waals surface area contributed by atoms with Crippen molar-refractivity contribution in [2.75, 3.05) is 13.1 Å². The van der Waals surface area contributed by atoms with Gasteiger partial charge in [-0.3, -0.25) is 0 Å². The number of piperidine rings is 1. The van der Waals surface area contributed by atoms with Crippen LogP contribution >= 0.6 is 23.2 Å². The number of nitrogens with zero attached hydrogens (tertiary/aromatic N) is 1. The van der Waals surface area contributed by atoms with Crippen LogP contribution in [0.3, 0.4) is 0 Å². The van der Waals surface area contributed by atoms with E-state index >= 15 is 0 Å². The van der Waals surface area contributed by atoms with Crippen molar-refractivity contribution in [3.63, 3.8) is 0 Å². The maximum Gasteiger partial charge on any atom is 0.416 e. The molecule has 2 fully saturated rings. The molecule has 0 radical (unpaired) electrons. The summed E-state index contributed by atoms with van der Waals surface area (Å²) in [6.07, 6.45) is -10.7. The molecular weight excluding hydrogens is 563 g/mol. The third-order valence-electron chi connectivity index (χ3n) is 6.76. The van der Waals surface area contributed by atoms with Crippen molar-refractivity contribution in [2.24, 2.45) is 0 Å². The van der Waals surface area contributed by atoms with Gasteiger partial charge in [-0.1, -0.05) is 23.2 Å². The van der Waals surface area contributed by atoms with Gasteiger partial charge in [-0.25, -0.2) is 9.59 Å². The maximum atomic E-state index is 13.3. The average Bonchev–Trinajstić information content (AvgIpc) is 3.57. The van der Waals surface area contributed by atoms with E-state index < -0.39 is 53.1 Å². The largest absolute Gasteiger partial charge is 0.465 e. The highest BCUT2D eigenvalue weighted by molar-refractivity contribution is 6.34. The Balaban J connectivity index is 1.57. The molecule has 1 aliphatic carbocycles. The number of likely N-dealkylation sites (tertiary alicyclic amines) is 1. The van der Waals surface area contributed by atoms with Gasteiger partial charge in [0, 0.05) is 35.1 Å². The standard InChI is InChI=1S/C24H21Cl2F6N3O3/c25-16-5-12(6-17(26)10-16)18-11-35(21(37)38)4-1-19(18)33-20(36)34-22(2-3-22)13-7-14(23(27,28)29)9-15(8-13)24(30,31)32/h5-10,18-19H,1-4,11H2,(H,37,38)(H2,33,34,36)/t18?,19-/m1/s1. The van der Waals surface area contributed by atoms with Gasteiger partial charge < -0.3 is 20.6 Å². The minimum atomic E-state index is -5.02. The molecule has 3 N–H and O–H groups in total. The number of hydrogen-bond donors (Lipinski definition) is 3. The minimum Gasteiger partial charge on any atom is -0.465 e. The molecule has 206 valence electrons. The molecule has 1 aliphatic heterocycles. The molecule has 2 aromatic carbocycles. The van der Waals surface area contributed by atoms with Crippen LogP contribution in [0.4, 0.5) is 35.9 Å². The Kier molecular flexibility index (Phi) is 7.43. The summed E-state index contributed by atoms with van der Waals surface area (Å²) in [6.45, 7) is 0.101. The number of urea groups is 1. The number of halogens is 8. The molecule has 0 spiro atoms. The van der Waals surface area contributed by atoms with Gasteiger partial charge in [0.15, 0.2) is 0 Å². The number of alkyl halides is 6. The quantitative estimate of drug-likeness (QED) is 0.344. The third-order valence-corrected chi connectivity index (χ3v) is 7.19. The van der Waals surface area contributed by atoms with Crippen LogP contribution < -0.4 is 10.6 Å². The van der Waals surface area contributed by atoms with Crippen LogP contribution in [-0.4, -0.2) is 41.3 Å². The Morgan fingerprint density at radius 1 is 0.921 bits per heavy atom. The molecule has 2 aromatic rings. The van der Waals surface area contributed by atoms with Crippen molar-refractivity contribution < 1.29 is 41.0 Å². The summed E-state index contributed by atoms with van der Waals surface area (Å²) in [5.41, 5.74) is -4.06. The maximum absolute atomic E-state index is 13.3. The molecule has 2 aliphatic rings. The predicted octanol–water partition coefficient (Wildman–Crippen LogP) is 6.86. The van der Waals surface area contributed by atoms with E-state index in [2.05, 4.69) is 10.6 Å². The summed E-state index contributed by atoms with van der Waals surface area (Å²) in [6, 6.07) is 4.50. The summed E-state index contributed by atoms with van der Waals surface area (Å²) in [4.78, 5) is 25.7. The molecule has 4 rings (SSSR count). The van der Waals surface area contributed by atoms with Gasteiger partial charge in [0.1, 0.15) is 0 Å². The molecule has 0 aromatic heterocycles. The van der Waals surface area contributed by atoms with Crippen molar-refractivity contribution in [2.45, 2.75) is 49.1 Å². The van der Waals surface area contributed by atoms with Crippen LogP contribution in [0.1, 0.15) is 47.4 Å². The van der Waals surface area contributed by atoms with Gasteiger partial charge in [-0.15, -0.1) is 0 Å². The second-order valence-corrected chi connectivity index (χ2v) is 10.3. The monoisotopic (exact) mass is 583 g/mol. The molecular formula is C24H21Cl2F6N3O3. The van der Waals surface area contributed by atoms with E-state index in [0.717, 1.165) is 0 Å². The van der Waals surface area contributed by atoms with Crippen LogP contribution in [0.2, 0.25) is 10.0 Å². The molecule has 3 amide bonds. The number of carbonyl (C=O) groups excluding carboxylic acids is 1. The predicted molar refractivity (Wildman–Crippen MR) is 126 cm³/mol. The molecule has 0 bridgehead atoms. The Hall–Kier alpha value is -2.86. The van der Waals surface area contributed by atoms with Crippen LogP contribution in [0, 0.1) is 0 Å². The molecule has 1 saturated carbocycles. The van der Waals surface area contributed by atoms with E-state index in [1.165, 1.54) is 11.0 Å². The fourth-order valence-electron chi connectivity index (χ4n) is 4.69. The summed E-state index contributed by atoms with van der Waals surface area (Å²) in [5.74, 6) is -0.567. The van der Waals surface area contributed by atoms with E-state index in [0.29, 0.717) is 27.7 Å². The zero-order valence-electron chi connectivity index (χ0n) is 19.4. The lowest BCUT2D eigenvalue weighted by atomic mass is 9.86. The van der Waals surface area contributed by atoms with E-state index in [1.807, 2.05) is 0 Å². The zero-order chi connectivity index (χ0) is 28.0. The van der Waals surface area contributed by atoms with Gasteiger partial charge >= 0.3 is 24.5 Å². The highest BCUT2D eigenvalue weighted by Crippen LogP contribution is 2.48. The van der Waals surface area contributed by atoms with E-state index in [4.69, 9.17) is 23.2 Å². The van der Waals surface area contributed by atoms with Gasteiger partial charge in [-0.05, 0) is 66.8 Å². The van der Waals surface area contributed by atoms with Crippen molar-refractivity contribution in [1.29, 1.82) is 0 Å². The Morgan fingerprint density at radius 3 is 1.95 bits per heavy atom. The molecule has 1 heterocycles. The van der Waals surface area contributed by atoms with E-state index in [9.17, 15) is 41.0 Å². The summed E-state index contributed by atoms with van der Waals surface area (Å²) < 4.78 is 80.0. The summed E-state index contributed by atoms with van der Waals surface area (Å²) in [7, 11) is 0.